The minimum Gasteiger partial charge on any atom is -0.334 e. The predicted molar refractivity (Wildman–Crippen MR) is 76.9 cm³/mol. The maximum atomic E-state index is 12.5. The van der Waals surface area contributed by atoms with Gasteiger partial charge in [-0.25, -0.2) is 10.8 Å². The molecule has 1 aliphatic rings. The van der Waals surface area contributed by atoms with Gasteiger partial charge in [0.2, 0.25) is 0 Å². The molecule has 20 heavy (non-hydrogen) atoms. The monoisotopic (exact) mass is 268 g/mol. The minimum absolute atomic E-state index is 0.0124. The van der Waals surface area contributed by atoms with Crippen molar-refractivity contribution in [3.63, 3.8) is 0 Å². The second-order valence-corrected chi connectivity index (χ2v) is 4.82. The number of fused-ring (bicyclic) bond motifs is 1. The Kier molecular flexibility index (Phi) is 3.35. The van der Waals surface area contributed by atoms with Crippen LogP contribution in [0.3, 0.4) is 0 Å². The van der Waals surface area contributed by atoms with Crippen molar-refractivity contribution < 1.29 is 4.79 Å². The molecular formula is C15H16N4O. The molecule has 0 saturated carbocycles. The molecular weight excluding hydrogens is 252 g/mol. The summed E-state index contributed by atoms with van der Waals surface area (Å²) in [5.41, 5.74) is 5.61. The van der Waals surface area contributed by atoms with E-state index in [4.69, 9.17) is 5.84 Å². The third-order valence-electron chi connectivity index (χ3n) is 3.57. The van der Waals surface area contributed by atoms with Crippen molar-refractivity contribution >= 4 is 11.7 Å². The zero-order valence-corrected chi connectivity index (χ0v) is 11.0. The summed E-state index contributed by atoms with van der Waals surface area (Å²) in [6, 6.07) is 11.6. The number of hydrogen-bond acceptors (Lipinski definition) is 4. The molecule has 1 amide bonds. The Morgan fingerprint density at radius 2 is 2.05 bits per heavy atom. The number of anilines is 1. The summed E-state index contributed by atoms with van der Waals surface area (Å²) in [6.45, 7) is 1.40. The van der Waals surface area contributed by atoms with Gasteiger partial charge >= 0.3 is 0 Å². The number of hydrogen-bond donors (Lipinski definition) is 2. The van der Waals surface area contributed by atoms with Gasteiger partial charge in [-0.05, 0) is 29.7 Å². The summed E-state index contributed by atoms with van der Waals surface area (Å²) in [4.78, 5) is 18.4. The molecule has 0 spiro atoms. The Balaban J connectivity index is 1.82. The van der Waals surface area contributed by atoms with Gasteiger partial charge in [0.15, 0.2) is 0 Å². The van der Waals surface area contributed by atoms with Crippen LogP contribution >= 0.6 is 0 Å². The lowest BCUT2D eigenvalue weighted by Crippen LogP contribution is -2.36. The van der Waals surface area contributed by atoms with Crippen LogP contribution in [-0.4, -0.2) is 22.3 Å². The molecule has 5 heteroatoms. The van der Waals surface area contributed by atoms with E-state index >= 15 is 0 Å². The van der Waals surface area contributed by atoms with Crippen LogP contribution < -0.4 is 11.3 Å². The van der Waals surface area contributed by atoms with E-state index in [0.717, 1.165) is 13.0 Å². The third kappa shape index (κ3) is 2.35. The van der Waals surface area contributed by atoms with Gasteiger partial charge in [0, 0.05) is 24.8 Å². The first-order valence-electron chi connectivity index (χ1n) is 6.56. The van der Waals surface area contributed by atoms with Crippen molar-refractivity contribution in [3.8, 4) is 0 Å². The van der Waals surface area contributed by atoms with Crippen molar-refractivity contribution in [1.29, 1.82) is 0 Å². The van der Waals surface area contributed by atoms with E-state index in [1.165, 1.54) is 11.1 Å². The van der Waals surface area contributed by atoms with Crippen molar-refractivity contribution in [1.82, 2.24) is 9.88 Å². The first kappa shape index (κ1) is 12.6. The Bertz CT molecular complexity index is 641. The quantitative estimate of drug-likeness (QED) is 0.640. The van der Waals surface area contributed by atoms with Crippen LogP contribution in [0.25, 0.3) is 0 Å². The molecule has 2 heterocycles. The van der Waals surface area contributed by atoms with E-state index in [1.807, 2.05) is 17.0 Å². The van der Waals surface area contributed by atoms with Crippen LogP contribution in [0.2, 0.25) is 0 Å². The molecule has 1 aliphatic heterocycles. The number of aromatic nitrogens is 1. The summed E-state index contributed by atoms with van der Waals surface area (Å²) in [6.07, 6.45) is 2.48. The normalized spacial score (nSPS) is 13.8. The lowest BCUT2D eigenvalue weighted by molar-refractivity contribution is 0.0734. The zero-order chi connectivity index (χ0) is 13.9. The highest BCUT2D eigenvalue weighted by molar-refractivity contribution is 5.95. The predicted octanol–water partition coefficient (Wildman–Crippen LogP) is 1.57. The van der Waals surface area contributed by atoms with Crippen LogP contribution in [0.15, 0.2) is 42.6 Å². The lowest BCUT2D eigenvalue weighted by Gasteiger charge is -2.29. The largest absolute Gasteiger partial charge is 0.334 e. The van der Waals surface area contributed by atoms with E-state index in [0.29, 0.717) is 17.9 Å². The first-order valence-corrected chi connectivity index (χ1v) is 6.56. The van der Waals surface area contributed by atoms with Crippen LogP contribution in [0.4, 0.5) is 5.82 Å². The maximum Gasteiger partial charge on any atom is 0.254 e. The number of nitrogen functional groups attached to an aromatic ring is 1. The van der Waals surface area contributed by atoms with Gasteiger partial charge in [-0.3, -0.25) is 4.79 Å². The van der Waals surface area contributed by atoms with Gasteiger partial charge in [-0.15, -0.1) is 0 Å². The SMILES string of the molecule is NNc1cc(C(=O)N2CCc3ccccc3C2)ccn1. The van der Waals surface area contributed by atoms with Crippen molar-refractivity contribution in [2.75, 3.05) is 12.0 Å². The maximum absolute atomic E-state index is 12.5. The molecule has 102 valence electrons. The zero-order valence-electron chi connectivity index (χ0n) is 11.0. The Morgan fingerprint density at radius 3 is 2.85 bits per heavy atom. The molecule has 1 aromatic heterocycles. The molecule has 0 bridgehead atoms. The number of carbonyl (C=O) groups is 1. The van der Waals surface area contributed by atoms with Gasteiger partial charge < -0.3 is 10.3 Å². The van der Waals surface area contributed by atoms with Crippen LogP contribution in [0.5, 0.6) is 0 Å². The minimum atomic E-state index is 0.0124. The molecule has 0 atom stereocenters. The molecule has 0 fully saturated rings. The summed E-state index contributed by atoms with van der Waals surface area (Å²) < 4.78 is 0. The lowest BCUT2D eigenvalue weighted by atomic mass is 9.99. The van der Waals surface area contributed by atoms with Crippen LogP contribution in [-0.2, 0) is 13.0 Å². The van der Waals surface area contributed by atoms with E-state index in [-0.39, 0.29) is 5.91 Å². The topological polar surface area (TPSA) is 71.2 Å². The standard InChI is InChI=1S/C15H16N4O/c16-18-14-9-12(5-7-17-14)15(20)19-8-6-11-3-1-2-4-13(11)10-19/h1-5,7,9H,6,8,10,16H2,(H,17,18). The number of amides is 1. The number of nitrogens with zero attached hydrogens (tertiary/aromatic N) is 2. The van der Waals surface area contributed by atoms with Gasteiger partial charge in [0.05, 0.1) is 0 Å². The molecule has 2 aromatic rings. The average Bonchev–Trinajstić information content (AvgIpc) is 2.53. The Labute approximate surface area is 117 Å². The summed E-state index contributed by atoms with van der Waals surface area (Å²) in [7, 11) is 0. The van der Waals surface area contributed by atoms with Crippen molar-refractivity contribution in [2.24, 2.45) is 5.84 Å². The number of carbonyl (C=O) groups excluding carboxylic acids is 1. The molecule has 3 rings (SSSR count). The van der Waals surface area contributed by atoms with E-state index < -0.39 is 0 Å². The number of benzene rings is 1. The molecule has 0 unspecified atom stereocenters. The molecule has 0 aliphatic carbocycles. The number of nitrogens with two attached hydrogens (primary N) is 1. The number of rotatable bonds is 2. The average molecular weight is 268 g/mol. The second-order valence-electron chi connectivity index (χ2n) is 4.82. The summed E-state index contributed by atoms with van der Waals surface area (Å²) in [5, 5.41) is 0. The molecule has 0 saturated heterocycles. The van der Waals surface area contributed by atoms with Crippen molar-refractivity contribution in [2.45, 2.75) is 13.0 Å². The van der Waals surface area contributed by atoms with Crippen molar-refractivity contribution in [3.05, 3.63) is 59.3 Å². The van der Waals surface area contributed by atoms with Gasteiger partial charge in [0.1, 0.15) is 5.82 Å². The third-order valence-corrected chi connectivity index (χ3v) is 3.57. The molecule has 0 radical (unpaired) electrons. The van der Waals surface area contributed by atoms with E-state index in [1.54, 1.807) is 18.3 Å². The van der Waals surface area contributed by atoms with Crippen LogP contribution in [0.1, 0.15) is 21.5 Å². The Morgan fingerprint density at radius 1 is 1.25 bits per heavy atom. The first-order chi connectivity index (χ1) is 9.78. The smallest absolute Gasteiger partial charge is 0.254 e. The van der Waals surface area contributed by atoms with Crippen LogP contribution in [0, 0.1) is 0 Å². The fourth-order valence-electron chi connectivity index (χ4n) is 2.49. The highest BCUT2D eigenvalue weighted by atomic mass is 16.2. The molecule has 1 aromatic carbocycles. The Hall–Kier alpha value is -2.40. The van der Waals surface area contributed by atoms with E-state index in [2.05, 4.69) is 22.5 Å². The van der Waals surface area contributed by atoms with Gasteiger partial charge in [-0.1, -0.05) is 24.3 Å². The van der Waals surface area contributed by atoms with Gasteiger partial charge in [0.25, 0.3) is 5.91 Å². The fraction of sp³-hybridized carbons (Fsp3) is 0.200. The number of nitrogens with one attached hydrogen (secondary N) is 1. The number of pyridine rings is 1. The summed E-state index contributed by atoms with van der Waals surface area (Å²) >= 11 is 0. The molecule has 5 nitrogen and oxygen atoms in total. The second kappa shape index (κ2) is 5.30. The molecule has 3 N–H and O–H groups in total. The summed E-state index contributed by atoms with van der Waals surface area (Å²) in [5.74, 6) is 5.83. The van der Waals surface area contributed by atoms with E-state index in [9.17, 15) is 4.79 Å². The van der Waals surface area contributed by atoms with Gasteiger partial charge in [-0.2, -0.15) is 0 Å². The fourth-order valence-corrected chi connectivity index (χ4v) is 2.49. The highest BCUT2D eigenvalue weighted by Gasteiger charge is 2.21. The highest BCUT2D eigenvalue weighted by Crippen LogP contribution is 2.20. The number of hydrazine groups is 1.